The Balaban J connectivity index is 1.76. The second-order valence-electron chi connectivity index (χ2n) is 6.28. The standard InChI is InChI=1S/C19H21N3O2/c1-12-6-4-8-16(14(12)3)22-11-15(10-17(22)23)19(24)21-18-13(2)7-5-9-20-18/h4-9,15H,10-11H2,1-3H3,(H,20,21,24)/t15-/m1/s1. The van der Waals surface area contributed by atoms with Crippen molar-refractivity contribution in [3.8, 4) is 0 Å². The van der Waals surface area contributed by atoms with E-state index in [0.29, 0.717) is 12.4 Å². The summed E-state index contributed by atoms with van der Waals surface area (Å²) in [5.74, 6) is 0.0264. The molecule has 5 heteroatoms. The van der Waals surface area contributed by atoms with Gasteiger partial charge in [0, 0.05) is 24.8 Å². The second-order valence-corrected chi connectivity index (χ2v) is 6.28. The zero-order valence-corrected chi connectivity index (χ0v) is 14.2. The van der Waals surface area contributed by atoms with E-state index in [2.05, 4.69) is 10.3 Å². The third-order valence-corrected chi connectivity index (χ3v) is 4.61. The Labute approximate surface area is 141 Å². The van der Waals surface area contributed by atoms with Gasteiger partial charge in [-0.15, -0.1) is 0 Å². The summed E-state index contributed by atoms with van der Waals surface area (Å²) in [5, 5.41) is 2.84. The first-order chi connectivity index (χ1) is 11.5. The van der Waals surface area contributed by atoms with Crippen LogP contribution < -0.4 is 10.2 Å². The molecular formula is C19H21N3O2. The van der Waals surface area contributed by atoms with Gasteiger partial charge < -0.3 is 10.2 Å². The van der Waals surface area contributed by atoms with E-state index in [1.54, 1.807) is 11.1 Å². The molecule has 1 aromatic heterocycles. The number of aromatic nitrogens is 1. The van der Waals surface area contributed by atoms with Crippen LogP contribution in [0.15, 0.2) is 36.5 Å². The highest BCUT2D eigenvalue weighted by Gasteiger charge is 2.36. The van der Waals surface area contributed by atoms with Crippen LogP contribution in [0.3, 0.4) is 0 Å². The maximum atomic E-state index is 12.5. The molecule has 1 aliphatic rings. The van der Waals surface area contributed by atoms with E-state index in [4.69, 9.17) is 0 Å². The molecule has 0 aliphatic carbocycles. The van der Waals surface area contributed by atoms with Gasteiger partial charge in [0.15, 0.2) is 0 Å². The summed E-state index contributed by atoms with van der Waals surface area (Å²) in [4.78, 5) is 30.8. The van der Waals surface area contributed by atoms with Crippen LogP contribution in [0.25, 0.3) is 0 Å². The first-order valence-electron chi connectivity index (χ1n) is 8.06. The summed E-state index contributed by atoms with van der Waals surface area (Å²) >= 11 is 0. The van der Waals surface area contributed by atoms with Gasteiger partial charge in [-0.25, -0.2) is 4.98 Å². The molecule has 0 radical (unpaired) electrons. The number of nitrogens with zero attached hydrogens (tertiary/aromatic N) is 2. The lowest BCUT2D eigenvalue weighted by Crippen LogP contribution is -2.29. The second kappa shape index (κ2) is 6.43. The SMILES string of the molecule is Cc1cccnc1NC(=O)[C@@H]1CC(=O)N(c2cccc(C)c2C)C1. The first-order valence-corrected chi connectivity index (χ1v) is 8.06. The van der Waals surface area contributed by atoms with Crippen molar-refractivity contribution in [3.63, 3.8) is 0 Å². The molecule has 1 aromatic carbocycles. The zero-order valence-electron chi connectivity index (χ0n) is 14.2. The van der Waals surface area contributed by atoms with Crippen molar-refractivity contribution in [3.05, 3.63) is 53.2 Å². The number of carbonyl (C=O) groups is 2. The highest BCUT2D eigenvalue weighted by Crippen LogP contribution is 2.30. The van der Waals surface area contributed by atoms with E-state index < -0.39 is 0 Å². The lowest BCUT2D eigenvalue weighted by molar-refractivity contribution is -0.122. The van der Waals surface area contributed by atoms with Crippen LogP contribution in [0.2, 0.25) is 0 Å². The molecule has 0 saturated carbocycles. The van der Waals surface area contributed by atoms with Crippen molar-refractivity contribution in [2.75, 3.05) is 16.8 Å². The zero-order chi connectivity index (χ0) is 17.3. The molecule has 1 atom stereocenters. The van der Waals surface area contributed by atoms with Crippen LogP contribution in [0.5, 0.6) is 0 Å². The molecule has 0 spiro atoms. The van der Waals surface area contributed by atoms with Gasteiger partial charge in [-0.3, -0.25) is 9.59 Å². The number of aryl methyl sites for hydroxylation is 2. The topological polar surface area (TPSA) is 62.3 Å². The Hall–Kier alpha value is -2.69. The number of amides is 2. The van der Waals surface area contributed by atoms with E-state index in [0.717, 1.165) is 22.4 Å². The van der Waals surface area contributed by atoms with Crippen molar-refractivity contribution >= 4 is 23.3 Å². The van der Waals surface area contributed by atoms with Crippen molar-refractivity contribution in [1.29, 1.82) is 0 Å². The Kier molecular flexibility index (Phi) is 4.34. The average Bonchev–Trinajstić information content (AvgIpc) is 2.94. The molecule has 3 rings (SSSR count). The third-order valence-electron chi connectivity index (χ3n) is 4.61. The van der Waals surface area contributed by atoms with E-state index in [9.17, 15) is 9.59 Å². The van der Waals surface area contributed by atoms with Gasteiger partial charge in [0.1, 0.15) is 5.82 Å². The van der Waals surface area contributed by atoms with Gasteiger partial charge in [0.2, 0.25) is 11.8 Å². The summed E-state index contributed by atoms with van der Waals surface area (Å²) in [5.41, 5.74) is 4.01. The highest BCUT2D eigenvalue weighted by molar-refractivity contribution is 6.03. The predicted molar refractivity (Wildman–Crippen MR) is 94.0 cm³/mol. The van der Waals surface area contributed by atoms with Crippen molar-refractivity contribution in [2.45, 2.75) is 27.2 Å². The highest BCUT2D eigenvalue weighted by atomic mass is 16.2. The first kappa shape index (κ1) is 16.2. The summed E-state index contributed by atoms with van der Waals surface area (Å²) in [6.45, 7) is 6.32. The molecule has 124 valence electrons. The molecule has 1 N–H and O–H groups in total. The summed E-state index contributed by atoms with van der Waals surface area (Å²) in [7, 11) is 0. The maximum absolute atomic E-state index is 12.5. The molecule has 1 saturated heterocycles. The molecule has 5 nitrogen and oxygen atoms in total. The van der Waals surface area contributed by atoms with Gasteiger partial charge in [0.05, 0.1) is 5.92 Å². The lowest BCUT2D eigenvalue weighted by Gasteiger charge is -2.20. The largest absolute Gasteiger partial charge is 0.311 e. The average molecular weight is 323 g/mol. The fraction of sp³-hybridized carbons (Fsp3) is 0.316. The van der Waals surface area contributed by atoms with E-state index in [-0.39, 0.29) is 24.2 Å². The quantitative estimate of drug-likeness (QED) is 0.944. The number of benzene rings is 1. The minimum atomic E-state index is -0.362. The number of anilines is 2. The van der Waals surface area contributed by atoms with Gasteiger partial charge in [-0.2, -0.15) is 0 Å². The molecule has 1 fully saturated rings. The number of carbonyl (C=O) groups excluding carboxylic acids is 2. The monoisotopic (exact) mass is 323 g/mol. The summed E-state index contributed by atoms with van der Waals surface area (Å²) in [6.07, 6.45) is 1.87. The molecule has 2 heterocycles. The Morgan fingerprint density at radius 3 is 2.67 bits per heavy atom. The lowest BCUT2D eigenvalue weighted by atomic mass is 10.1. The number of nitrogens with one attached hydrogen (secondary N) is 1. The number of pyridine rings is 1. The van der Waals surface area contributed by atoms with E-state index >= 15 is 0 Å². The molecule has 2 aromatic rings. The fourth-order valence-electron chi connectivity index (χ4n) is 2.98. The molecule has 24 heavy (non-hydrogen) atoms. The van der Waals surface area contributed by atoms with Crippen molar-refractivity contribution in [2.24, 2.45) is 5.92 Å². The van der Waals surface area contributed by atoms with Gasteiger partial charge in [-0.1, -0.05) is 18.2 Å². The molecule has 0 unspecified atom stereocenters. The number of hydrogen-bond donors (Lipinski definition) is 1. The molecule has 0 bridgehead atoms. The minimum absolute atomic E-state index is 0.0124. The normalized spacial score (nSPS) is 17.2. The fourth-order valence-corrected chi connectivity index (χ4v) is 2.98. The smallest absolute Gasteiger partial charge is 0.230 e. The Morgan fingerprint density at radius 2 is 1.92 bits per heavy atom. The van der Waals surface area contributed by atoms with Crippen LogP contribution >= 0.6 is 0 Å². The van der Waals surface area contributed by atoms with Gasteiger partial charge in [-0.05, 0) is 49.6 Å². The van der Waals surface area contributed by atoms with Crippen LogP contribution in [0, 0.1) is 26.7 Å². The van der Waals surface area contributed by atoms with E-state index in [1.807, 2.05) is 51.1 Å². The van der Waals surface area contributed by atoms with Crippen molar-refractivity contribution < 1.29 is 9.59 Å². The van der Waals surface area contributed by atoms with E-state index in [1.165, 1.54) is 0 Å². The minimum Gasteiger partial charge on any atom is -0.311 e. The van der Waals surface area contributed by atoms with Crippen LogP contribution in [0.4, 0.5) is 11.5 Å². The maximum Gasteiger partial charge on any atom is 0.230 e. The Bertz CT molecular complexity index is 801. The van der Waals surface area contributed by atoms with Gasteiger partial charge in [0.25, 0.3) is 0 Å². The predicted octanol–water partition coefficient (Wildman–Crippen LogP) is 3.00. The van der Waals surface area contributed by atoms with Crippen molar-refractivity contribution in [1.82, 2.24) is 4.98 Å². The number of hydrogen-bond acceptors (Lipinski definition) is 3. The summed E-state index contributed by atoms with van der Waals surface area (Å²) < 4.78 is 0. The van der Waals surface area contributed by atoms with Crippen LogP contribution in [-0.2, 0) is 9.59 Å². The molecule has 2 amide bonds. The van der Waals surface area contributed by atoms with Crippen LogP contribution in [0.1, 0.15) is 23.1 Å². The third kappa shape index (κ3) is 3.02. The molecule has 1 aliphatic heterocycles. The van der Waals surface area contributed by atoms with Gasteiger partial charge >= 0.3 is 0 Å². The van der Waals surface area contributed by atoms with Crippen LogP contribution in [-0.4, -0.2) is 23.3 Å². The molecular weight excluding hydrogens is 302 g/mol. The summed E-state index contributed by atoms with van der Waals surface area (Å²) in [6, 6.07) is 9.61. The Morgan fingerprint density at radius 1 is 1.17 bits per heavy atom. The number of rotatable bonds is 3.